The van der Waals surface area contributed by atoms with E-state index >= 15 is 0 Å². The van der Waals surface area contributed by atoms with Gasteiger partial charge in [0.2, 0.25) is 5.95 Å². The summed E-state index contributed by atoms with van der Waals surface area (Å²) in [5, 5.41) is 6.47. The molecule has 1 fully saturated rings. The van der Waals surface area contributed by atoms with Gasteiger partial charge in [-0.05, 0) is 11.4 Å². The summed E-state index contributed by atoms with van der Waals surface area (Å²) >= 11 is 3.63. The third-order valence-corrected chi connectivity index (χ3v) is 4.92. The Morgan fingerprint density at radius 2 is 2.16 bits per heavy atom. The lowest BCUT2D eigenvalue weighted by Crippen LogP contribution is -2.36. The van der Waals surface area contributed by atoms with Crippen molar-refractivity contribution in [3.05, 3.63) is 11.4 Å². The fourth-order valence-corrected chi connectivity index (χ4v) is 3.91. The molecule has 0 aliphatic carbocycles. The molecule has 1 saturated heterocycles. The van der Waals surface area contributed by atoms with Crippen LogP contribution in [-0.4, -0.2) is 52.6 Å². The van der Waals surface area contributed by atoms with Crippen molar-refractivity contribution in [3.8, 4) is 0 Å². The van der Waals surface area contributed by atoms with E-state index in [2.05, 4.69) is 20.2 Å². The van der Waals surface area contributed by atoms with Crippen molar-refractivity contribution in [2.75, 3.05) is 48.7 Å². The van der Waals surface area contributed by atoms with Crippen molar-refractivity contribution in [2.24, 2.45) is 0 Å². The maximum atomic E-state index is 5.73. The van der Waals surface area contributed by atoms with Crippen molar-refractivity contribution >= 4 is 45.1 Å². The molecule has 3 N–H and O–H groups in total. The lowest BCUT2D eigenvalue weighted by molar-refractivity contribution is 0.314. The summed E-state index contributed by atoms with van der Waals surface area (Å²) in [6.07, 6.45) is 0. The van der Waals surface area contributed by atoms with Crippen molar-refractivity contribution in [2.45, 2.75) is 0 Å². The summed E-state index contributed by atoms with van der Waals surface area (Å²) in [7, 11) is 0. The van der Waals surface area contributed by atoms with Crippen LogP contribution in [0.5, 0.6) is 0 Å². The lowest BCUT2D eigenvalue weighted by Gasteiger charge is -2.26. The Labute approximate surface area is 120 Å². The van der Waals surface area contributed by atoms with Crippen molar-refractivity contribution in [1.82, 2.24) is 14.9 Å². The average Bonchev–Trinajstić information content (AvgIpc) is 2.88. The summed E-state index contributed by atoms with van der Waals surface area (Å²) in [4.78, 5) is 12.0. The van der Waals surface area contributed by atoms with Crippen LogP contribution in [0.3, 0.4) is 0 Å². The minimum Gasteiger partial charge on any atom is -0.368 e. The third-order valence-electron chi connectivity index (χ3n) is 3.17. The van der Waals surface area contributed by atoms with Crippen LogP contribution in [0.25, 0.3) is 10.2 Å². The SMILES string of the molecule is Nc1nc(NCCN2CCSCC2)c2ccsc2n1. The van der Waals surface area contributed by atoms with Crippen LogP contribution >= 0.6 is 23.1 Å². The molecule has 2 aromatic rings. The molecule has 5 nitrogen and oxygen atoms in total. The first-order valence-corrected chi connectivity index (χ1v) is 8.41. The van der Waals surface area contributed by atoms with Gasteiger partial charge < -0.3 is 11.1 Å². The summed E-state index contributed by atoms with van der Waals surface area (Å²) < 4.78 is 0. The van der Waals surface area contributed by atoms with Crippen LogP contribution in [0.4, 0.5) is 11.8 Å². The van der Waals surface area contributed by atoms with Gasteiger partial charge in [-0.3, -0.25) is 4.90 Å². The highest BCUT2D eigenvalue weighted by molar-refractivity contribution is 7.99. The van der Waals surface area contributed by atoms with Gasteiger partial charge >= 0.3 is 0 Å². The molecule has 0 amide bonds. The number of hydrogen-bond donors (Lipinski definition) is 2. The van der Waals surface area contributed by atoms with E-state index in [1.807, 2.05) is 23.2 Å². The van der Waals surface area contributed by atoms with Gasteiger partial charge in [0, 0.05) is 37.7 Å². The van der Waals surface area contributed by atoms with Crippen LogP contribution in [-0.2, 0) is 0 Å². The Morgan fingerprint density at radius 1 is 1.32 bits per heavy atom. The molecule has 0 aromatic carbocycles. The molecule has 0 saturated carbocycles. The monoisotopic (exact) mass is 295 g/mol. The maximum Gasteiger partial charge on any atom is 0.223 e. The topological polar surface area (TPSA) is 67.1 Å². The van der Waals surface area contributed by atoms with E-state index in [1.54, 1.807) is 11.3 Å². The minimum absolute atomic E-state index is 0.340. The molecule has 0 spiro atoms. The number of thioether (sulfide) groups is 1. The number of thiophene rings is 1. The fourth-order valence-electron chi connectivity index (χ4n) is 2.16. The zero-order valence-corrected chi connectivity index (χ0v) is 12.3. The Hall–Kier alpha value is -1.05. The molecule has 0 bridgehead atoms. The van der Waals surface area contributed by atoms with Gasteiger partial charge in [-0.1, -0.05) is 0 Å². The second kappa shape index (κ2) is 5.94. The molecule has 2 aromatic heterocycles. The highest BCUT2D eigenvalue weighted by atomic mass is 32.2. The Kier molecular flexibility index (Phi) is 4.05. The number of hydrogen-bond acceptors (Lipinski definition) is 7. The van der Waals surface area contributed by atoms with Gasteiger partial charge in [0.1, 0.15) is 10.6 Å². The van der Waals surface area contributed by atoms with Crippen LogP contribution in [0, 0.1) is 0 Å². The molecule has 0 atom stereocenters. The van der Waals surface area contributed by atoms with E-state index in [0.717, 1.165) is 29.1 Å². The number of nitrogens with one attached hydrogen (secondary N) is 1. The number of anilines is 2. The number of nitrogen functional groups attached to an aromatic ring is 1. The predicted molar refractivity (Wildman–Crippen MR) is 84.1 cm³/mol. The van der Waals surface area contributed by atoms with Gasteiger partial charge in [-0.2, -0.15) is 16.7 Å². The van der Waals surface area contributed by atoms with E-state index in [1.165, 1.54) is 24.6 Å². The number of fused-ring (bicyclic) bond motifs is 1. The number of rotatable bonds is 4. The zero-order valence-electron chi connectivity index (χ0n) is 10.6. The van der Waals surface area contributed by atoms with Crippen molar-refractivity contribution < 1.29 is 0 Å². The number of aromatic nitrogens is 2. The molecular formula is C12H17N5S2. The fraction of sp³-hybridized carbons (Fsp3) is 0.500. The van der Waals surface area contributed by atoms with Crippen molar-refractivity contribution in [3.63, 3.8) is 0 Å². The maximum absolute atomic E-state index is 5.73. The summed E-state index contributed by atoms with van der Waals surface area (Å²) in [5.41, 5.74) is 5.73. The lowest BCUT2D eigenvalue weighted by atomic mass is 10.3. The summed E-state index contributed by atoms with van der Waals surface area (Å²) in [6.45, 7) is 4.32. The van der Waals surface area contributed by atoms with Crippen molar-refractivity contribution in [1.29, 1.82) is 0 Å². The number of nitrogens with zero attached hydrogens (tertiary/aromatic N) is 3. The van der Waals surface area contributed by atoms with Crippen LogP contribution in [0.2, 0.25) is 0 Å². The normalized spacial score (nSPS) is 16.8. The molecule has 1 aliphatic rings. The van der Waals surface area contributed by atoms with Gasteiger partial charge in [0.05, 0.1) is 5.39 Å². The summed E-state index contributed by atoms with van der Waals surface area (Å²) in [5.74, 6) is 3.69. The standard InChI is InChI=1S/C12H17N5S2/c13-12-15-10(9-1-6-19-11(9)16-12)14-2-3-17-4-7-18-8-5-17/h1,6H,2-5,7-8H2,(H3,13,14,15,16). The van der Waals surface area contributed by atoms with Crippen LogP contribution in [0.1, 0.15) is 0 Å². The molecule has 102 valence electrons. The molecule has 0 radical (unpaired) electrons. The molecule has 3 heterocycles. The highest BCUT2D eigenvalue weighted by Crippen LogP contribution is 2.25. The Balaban J connectivity index is 1.63. The Bertz CT molecular complexity index is 550. The van der Waals surface area contributed by atoms with Gasteiger partial charge in [0.15, 0.2) is 0 Å². The largest absolute Gasteiger partial charge is 0.368 e. The summed E-state index contributed by atoms with van der Waals surface area (Å²) in [6, 6.07) is 2.04. The first kappa shape index (κ1) is 13.0. The van der Waals surface area contributed by atoms with Gasteiger partial charge in [-0.15, -0.1) is 11.3 Å². The Morgan fingerprint density at radius 3 is 3.00 bits per heavy atom. The van der Waals surface area contributed by atoms with E-state index in [9.17, 15) is 0 Å². The quantitative estimate of drug-likeness (QED) is 0.895. The smallest absolute Gasteiger partial charge is 0.223 e. The first-order valence-electron chi connectivity index (χ1n) is 6.37. The molecule has 1 aliphatic heterocycles. The van der Waals surface area contributed by atoms with E-state index in [0.29, 0.717) is 5.95 Å². The molecule has 19 heavy (non-hydrogen) atoms. The van der Waals surface area contributed by atoms with Crippen LogP contribution < -0.4 is 11.1 Å². The average molecular weight is 295 g/mol. The predicted octanol–water partition coefficient (Wildman–Crippen LogP) is 1.73. The van der Waals surface area contributed by atoms with E-state index < -0.39 is 0 Å². The third kappa shape index (κ3) is 3.10. The second-order valence-electron chi connectivity index (χ2n) is 4.45. The van der Waals surface area contributed by atoms with E-state index in [-0.39, 0.29) is 0 Å². The van der Waals surface area contributed by atoms with Gasteiger partial charge in [-0.25, -0.2) is 4.98 Å². The molecular weight excluding hydrogens is 278 g/mol. The second-order valence-corrected chi connectivity index (χ2v) is 6.57. The molecule has 3 rings (SSSR count). The van der Waals surface area contributed by atoms with E-state index in [4.69, 9.17) is 5.73 Å². The molecule has 7 heteroatoms. The van der Waals surface area contributed by atoms with Crippen LogP contribution in [0.15, 0.2) is 11.4 Å². The zero-order chi connectivity index (χ0) is 13.1. The first-order chi connectivity index (χ1) is 9.33. The number of nitrogens with two attached hydrogens (primary N) is 1. The van der Waals surface area contributed by atoms with Gasteiger partial charge in [0.25, 0.3) is 0 Å². The highest BCUT2D eigenvalue weighted by Gasteiger charge is 2.11. The molecule has 0 unspecified atom stereocenters. The minimum atomic E-state index is 0.340.